The summed E-state index contributed by atoms with van der Waals surface area (Å²) in [4.78, 5) is 2.70. The molecule has 17 heavy (non-hydrogen) atoms. The minimum atomic E-state index is 0.855. The lowest BCUT2D eigenvalue weighted by atomic mass is 9.89. The number of nitrogens with zero attached hydrogens (tertiary/aromatic N) is 1. The van der Waals surface area contributed by atoms with Crippen LogP contribution in [0.15, 0.2) is 0 Å². The van der Waals surface area contributed by atoms with Gasteiger partial charge in [-0.25, -0.2) is 0 Å². The molecule has 3 saturated heterocycles. The standard InChI is InChI=1S/C14H26N2S/c1-11-10-16(6-7-17-11)5-4-12-8-13-2-3-14(9-12)15-13/h11-15H,2-10H2,1H3. The molecule has 0 aromatic rings. The topological polar surface area (TPSA) is 15.3 Å². The summed E-state index contributed by atoms with van der Waals surface area (Å²) < 4.78 is 0. The Hall–Kier alpha value is 0.270. The van der Waals surface area contributed by atoms with Gasteiger partial charge < -0.3 is 10.2 Å². The van der Waals surface area contributed by atoms with E-state index in [-0.39, 0.29) is 0 Å². The zero-order valence-corrected chi connectivity index (χ0v) is 11.8. The predicted molar refractivity (Wildman–Crippen MR) is 75.6 cm³/mol. The Bertz CT molecular complexity index is 247. The van der Waals surface area contributed by atoms with Crippen molar-refractivity contribution in [3.05, 3.63) is 0 Å². The first kappa shape index (κ1) is 12.3. The fourth-order valence-electron chi connectivity index (χ4n) is 3.87. The van der Waals surface area contributed by atoms with Crippen molar-refractivity contribution in [3.63, 3.8) is 0 Å². The van der Waals surface area contributed by atoms with Crippen LogP contribution in [0.3, 0.4) is 0 Å². The predicted octanol–water partition coefficient (Wildman–Crippen LogP) is 2.34. The minimum absolute atomic E-state index is 0.855. The molecule has 2 bridgehead atoms. The smallest absolute Gasteiger partial charge is 0.0147 e. The molecule has 3 rings (SSSR count). The van der Waals surface area contributed by atoms with Crippen molar-refractivity contribution in [1.82, 2.24) is 10.2 Å². The first-order valence-electron chi connectivity index (χ1n) is 7.39. The molecule has 3 heterocycles. The normalized spacial score (nSPS) is 42.9. The second-order valence-corrected chi connectivity index (χ2v) is 7.79. The summed E-state index contributed by atoms with van der Waals surface area (Å²) in [5, 5.41) is 4.60. The van der Waals surface area contributed by atoms with Gasteiger partial charge in [0.2, 0.25) is 0 Å². The molecule has 0 aromatic carbocycles. The third-order valence-corrected chi connectivity index (χ3v) is 5.89. The van der Waals surface area contributed by atoms with Crippen LogP contribution in [-0.4, -0.2) is 47.6 Å². The number of piperidine rings is 1. The Morgan fingerprint density at radius 1 is 1.24 bits per heavy atom. The van der Waals surface area contributed by atoms with E-state index in [9.17, 15) is 0 Å². The largest absolute Gasteiger partial charge is 0.311 e. The van der Waals surface area contributed by atoms with Gasteiger partial charge in [0.25, 0.3) is 0 Å². The SMILES string of the molecule is CC1CN(CCC2CC3CCC(C2)N3)CCS1. The van der Waals surface area contributed by atoms with Crippen LogP contribution in [-0.2, 0) is 0 Å². The fraction of sp³-hybridized carbons (Fsp3) is 1.00. The van der Waals surface area contributed by atoms with Crippen molar-refractivity contribution in [1.29, 1.82) is 0 Å². The van der Waals surface area contributed by atoms with Crippen molar-refractivity contribution < 1.29 is 0 Å². The van der Waals surface area contributed by atoms with Crippen molar-refractivity contribution in [2.24, 2.45) is 5.92 Å². The van der Waals surface area contributed by atoms with Gasteiger partial charge in [-0.05, 0) is 44.6 Å². The van der Waals surface area contributed by atoms with Gasteiger partial charge in [-0.2, -0.15) is 11.8 Å². The Morgan fingerprint density at radius 2 is 2.00 bits per heavy atom. The molecule has 1 N–H and O–H groups in total. The molecule has 0 amide bonds. The van der Waals surface area contributed by atoms with Crippen molar-refractivity contribution in [3.8, 4) is 0 Å². The maximum Gasteiger partial charge on any atom is 0.0147 e. The average Bonchev–Trinajstić information content (AvgIpc) is 2.66. The molecule has 3 aliphatic rings. The minimum Gasteiger partial charge on any atom is -0.311 e. The monoisotopic (exact) mass is 254 g/mol. The van der Waals surface area contributed by atoms with Crippen LogP contribution in [0.1, 0.15) is 39.0 Å². The van der Waals surface area contributed by atoms with Crippen LogP contribution in [0.2, 0.25) is 0 Å². The number of thioether (sulfide) groups is 1. The zero-order valence-electron chi connectivity index (χ0n) is 11.0. The molecule has 0 radical (unpaired) electrons. The van der Waals surface area contributed by atoms with Gasteiger partial charge in [-0.15, -0.1) is 0 Å². The molecule has 3 aliphatic heterocycles. The molecule has 3 atom stereocenters. The van der Waals surface area contributed by atoms with E-state index in [1.807, 2.05) is 0 Å². The van der Waals surface area contributed by atoms with Crippen LogP contribution in [0.25, 0.3) is 0 Å². The highest BCUT2D eigenvalue weighted by atomic mass is 32.2. The molecule has 0 aliphatic carbocycles. The average molecular weight is 254 g/mol. The number of nitrogens with one attached hydrogen (secondary N) is 1. The van der Waals surface area contributed by atoms with Gasteiger partial charge in [0.05, 0.1) is 0 Å². The van der Waals surface area contributed by atoms with Crippen molar-refractivity contribution >= 4 is 11.8 Å². The van der Waals surface area contributed by atoms with Gasteiger partial charge >= 0.3 is 0 Å². The summed E-state index contributed by atoms with van der Waals surface area (Å²) >= 11 is 2.14. The van der Waals surface area contributed by atoms with E-state index in [1.165, 1.54) is 57.5 Å². The molecular formula is C14H26N2S. The van der Waals surface area contributed by atoms with Gasteiger partial charge in [-0.1, -0.05) is 6.92 Å². The van der Waals surface area contributed by atoms with Crippen molar-refractivity contribution in [2.45, 2.75) is 56.4 Å². The van der Waals surface area contributed by atoms with Gasteiger partial charge in [0.15, 0.2) is 0 Å². The van der Waals surface area contributed by atoms with Crippen LogP contribution < -0.4 is 5.32 Å². The third-order valence-electron chi connectivity index (χ3n) is 4.75. The number of hydrogen-bond acceptors (Lipinski definition) is 3. The van der Waals surface area contributed by atoms with E-state index >= 15 is 0 Å². The molecular weight excluding hydrogens is 228 g/mol. The Morgan fingerprint density at radius 3 is 2.71 bits per heavy atom. The second kappa shape index (κ2) is 5.50. The van der Waals surface area contributed by atoms with E-state index in [2.05, 4.69) is 28.9 Å². The number of rotatable bonds is 3. The lowest BCUT2D eigenvalue weighted by Gasteiger charge is -2.34. The first-order chi connectivity index (χ1) is 8.29. The maximum atomic E-state index is 3.75. The van der Waals surface area contributed by atoms with Crippen molar-refractivity contribution in [2.75, 3.05) is 25.4 Å². The second-order valence-electron chi connectivity index (χ2n) is 6.25. The summed E-state index contributed by atoms with van der Waals surface area (Å²) in [5.41, 5.74) is 0. The molecule has 3 heteroatoms. The van der Waals surface area contributed by atoms with E-state index in [0.717, 1.165) is 23.3 Å². The van der Waals surface area contributed by atoms with E-state index in [4.69, 9.17) is 0 Å². The van der Waals surface area contributed by atoms with Crippen LogP contribution in [0.5, 0.6) is 0 Å². The Labute approximate surface area is 110 Å². The van der Waals surface area contributed by atoms with Crippen LogP contribution >= 0.6 is 11.8 Å². The number of hydrogen-bond donors (Lipinski definition) is 1. The van der Waals surface area contributed by atoms with Gasteiger partial charge in [0, 0.05) is 36.2 Å². The summed E-state index contributed by atoms with van der Waals surface area (Å²) in [7, 11) is 0. The summed E-state index contributed by atoms with van der Waals surface area (Å²) in [6, 6.07) is 1.74. The van der Waals surface area contributed by atoms with Gasteiger partial charge in [-0.3, -0.25) is 0 Å². The lowest BCUT2D eigenvalue weighted by molar-refractivity contribution is 0.223. The van der Waals surface area contributed by atoms with E-state index in [0.29, 0.717) is 0 Å². The van der Waals surface area contributed by atoms with Crippen LogP contribution in [0.4, 0.5) is 0 Å². The highest BCUT2D eigenvalue weighted by molar-refractivity contribution is 7.99. The zero-order chi connectivity index (χ0) is 11.7. The highest BCUT2D eigenvalue weighted by Crippen LogP contribution is 2.33. The van der Waals surface area contributed by atoms with E-state index in [1.54, 1.807) is 0 Å². The summed E-state index contributed by atoms with van der Waals surface area (Å²) in [6.45, 7) is 6.38. The van der Waals surface area contributed by atoms with Crippen LogP contribution in [0, 0.1) is 5.92 Å². The molecule has 3 unspecified atom stereocenters. The Balaban J connectivity index is 1.42. The summed E-state index contributed by atoms with van der Waals surface area (Å²) in [6.07, 6.45) is 7.24. The first-order valence-corrected chi connectivity index (χ1v) is 8.44. The molecule has 98 valence electrons. The molecule has 2 nitrogen and oxygen atoms in total. The molecule has 3 fully saturated rings. The maximum absolute atomic E-state index is 3.75. The molecule has 0 aromatic heterocycles. The fourth-order valence-corrected chi connectivity index (χ4v) is 4.95. The quantitative estimate of drug-likeness (QED) is 0.832. The summed E-state index contributed by atoms with van der Waals surface area (Å²) in [5.74, 6) is 2.36. The lowest BCUT2D eigenvalue weighted by Crippen LogP contribution is -2.41. The molecule has 0 saturated carbocycles. The third kappa shape index (κ3) is 3.18. The molecule has 0 spiro atoms. The van der Waals surface area contributed by atoms with E-state index < -0.39 is 0 Å². The Kier molecular flexibility index (Phi) is 3.98. The highest BCUT2D eigenvalue weighted by Gasteiger charge is 2.33. The number of fused-ring (bicyclic) bond motifs is 2. The van der Waals surface area contributed by atoms with Gasteiger partial charge in [0.1, 0.15) is 0 Å².